The van der Waals surface area contributed by atoms with Crippen molar-refractivity contribution in [1.82, 2.24) is 4.90 Å². The maximum Gasteiger partial charge on any atom is 0.391 e. The van der Waals surface area contributed by atoms with Crippen molar-refractivity contribution in [2.75, 3.05) is 18.8 Å². The second-order valence-corrected chi connectivity index (χ2v) is 5.70. The molecule has 1 fully saturated rings. The number of alkyl halides is 3. The van der Waals surface area contributed by atoms with E-state index in [0.29, 0.717) is 15.7 Å². The van der Waals surface area contributed by atoms with Crippen LogP contribution in [0.1, 0.15) is 23.2 Å². The predicted molar refractivity (Wildman–Crippen MR) is 73.2 cm³/mol. The molecule has 3 nitrogen and oxygen atoms in total. The van der Waals surface area contributed by atoms with Crippen LogP contribution < -0.4 is 5.73 Å². The molecular formula is C13H14BrF3N2O. The van der Waals surface area contributed by atoms with Gasteiger partial charge < -0.3 is 10.6 Å². The molecule has 0 radical (unpaired) electrons. The number of hydrogen-bond acceptors (Lipinski definition) is 2. The third kappa shape index (κ3) is 3.26. The number of halogens is 4. The summed E-state index contributed by atoms with van der Waals surface area (Å²) in [6, 6.07) is 4.79. The van der Waals surface area contributed by atoms with Gasteiger partial charge in [-0.2, -0.15) is 13.2 Å². The first-order chi connectivity index (χ1) is 9.29. The van der Waals surface area contributed by atoms with E-state index in [-0.39, 0.29) is 31.8 Å². The first kappa shape index (κ1) is 15.2. The molecule has 1 saturated heterocycles. The Morgan fingerprint density at radius 3 is 2.40 bits per heavy atom. The zero-order valence-electron chi connectivity index (χ0n) is 10.6. The summed E-state index contributed by atoms with van der Waals surface area (Å²) in [6.07, 6.45) is -4.25. The fraction of sp³-hybridized carbons (Fsp3) is 0.462. The van der Waals surface area contributed by atoms with Crippen LogP contribution in [0.15, 0.2) is 22.7 Å². The van der Waals surface area contributed by atoms with Crippen LogP contribution in [0.3, 0.4) is 0 Å². The molecule has 0 spiro atoms. The SMILES string of the molecule is Nc1ccc(C(=O)N2CCC(C(F)(F)F)CC2)c(Br)c1. The number of nitrogens with two attached hydrogens (primary N) is 1. The van der Waals surface area contributed by atoms with Gasteiger partial charge in [-0.05, 0) is 47.0 Å². The second-order valence-electron chi connectivity index (χ2n) is 4.85. The van der Waals surface area contributed by atoms with Crippen molar-refractivity contribution in [3.05, 3.63) is 28.2 Å². The Kier molecular flexibility index (Phi) is 4.27. The minimum Gasteiger partial charge on any atom is -0.399 e. The number of carbonyl (C=O) groups is 1. The van der Waals surface area contributed by atoms with Gasteiger partial charge in [0, 0.05) is 23.2 Å². The lowest BCUT2D eigenvalue weighted by atomic mass is 9.96. The molecule has 1 amide bonds. The molecule has 2 N–H and O–H groups in total. The van der Waals surface area contributed by atoms with Gasteiger partial charge >= 0.3 is 6.18 Å². The Morgan fingerprint density at radius 2 is 1.90 bits per heavy atom. The lowest BCUT2D eigenvalue weighted by molar-refractivity contribution is -0.183. The molecule has 1 aliphatic rings. The van der Waals surface area contributed by atoms with E-state index in [1.807, 2.05) is 0 Å². The second kappa shape index (κ2) is 5.63. The van der Waals surface area contributed by atoms with E-state index in [0.717, 1.165) is 0 Å². The number of nitrogens with zero attached hydrogens (tertiary/aromatic N) is 1. The Bertz CT molecular complexity index is 511. The van der Waals surface area contributed by atoms with E-state index in [1.165, 1.54) is 4.90 Å². The van der Waals surface area contributed by atoms with E-state index < -0.39 is 12.1 Å². The van der Waals surface area contributed by atoms with Crippen LogP contribution in [0.25, 0.3) is 0 Å². The predicted octanol–water partition coefficient (Wildman–Crippen LogP) is 3.45. The van der Waals surface area contributed by atoms with E-state index in [2.05, 4.69) is 15.9 Å². The molecule has 1 aliphatic heterocycles. The lowest BCUT2D eigenvalue weighted by Gasteiger charge is -2.33. The van der Waals surface area contributed by atoms with Crippen LogP contribution in [0.5, 0.6) is 0 Å². The zero-order chi connectivity index (χ0) is 14.9. The summed E-state index contributed by atoms with van der Waals surface area (Å²) < 4.78 is 38.3. The molecule has 110 valence electrons. The molecule has 0 unspecified atom stereocenters. The monoisotopic (exact) mass is 350 g/mol. The summed E-state index contributed by atoms with van der Waals surface area (Å²) >= 11 is 3.25. The maximum atomic E-state index is 12.6. The van der Waals surface area contributed by atoms with Crippen molar-refractivity contribution in [3.63, 3.8) is 0 Å². The molecule has 1 aromatic rings. The highest BCUT2D eigenvalue weighted by atomic mass is 79.9. The normalized spacial score (nSPS) is 17.3. The van der Waals surface area contributed by atoms with Crippen LogP contribution in [0, 0.1) is 5.92 Å². The molecule has 0 aliphatic carbocycles. The highest BCUT2D eigenvalue weighted by Crippen LogP contribution is 2.34. The van der Waals surface area contributed by atoms with Crippen molar-refractivity contribution in [3.8, 4) is 0 Å². The summed E-state index contributed by atoms with van der Waals surface area (Å²) in [6.45, 7) is 0.250. The molecule has 0 saturated carbocycles. The average Bonchev–Trinajstić information content (AvgIpc) is 2.37. The summed E-state index contributed by atoms with van der Waals surface area (Å²) in [5, 5.41) is 0. The summed E-state index contributed by atoms with van der Waals surface area (Å²) in [5.41, 5.74) is 6.53. The van der Waals surface area contributed by atoms with Gasteiger partial charge in [0.2, 0.25) is 0 Å². The molecule has 1 heterocycles. The number of carbonyl (C=O) groups excluding carboxylic acids is 1. The molecule has 2 rings (SSSR count). The first-order valence-electron chi connectivity index (χ1n) is 6.20. The summed E-state index contributed by atoms with van der Waals surface area (Å²) in [4.78, 5) is 13.7. The number of rotatable bonds is 1. The number of benzene rings is 1. The standard InChI is InChI=1S/C13H14BrF3N2O/c14-11-7-9(18)1-2-10(11)12(20)19-5-3-8(4-6-19)13(15,16)17/h1-2,7-8H,3-6,18H2. The number of hydrogen-bond donors (Lipinski definition) is 1. The largest absolute Gasteiger partial charge is 0.399 e. The van der Waals surface area contributed by atoms with Gasteiger partial charge in [0.15, 0.2) is 0 Å². The minimum atomic E-state index is -4.17. The average molecular weight is 351 g/mol. The Hall–Kier alpha value is -1.24. The number of piperidine rings is 1. The topological polar surface area (TPSA) is 46.3 Å². The van der Waals surface area contributed by atoms with Crippen LogP contribution in [0.2, 0.25) is 0 Å². The van der Waals surface area contributed by atoms with Crippen molar-refractivity contribution in [2.24, 2.45) is 5.92 Å². The molecular weight excluding hydrogens is 337 g/mol. The molecule has 7 heteroatoms. The highest BCUT2D eigenvalue weighted by Gasteiger charge is 2.41. The highest BCUT2D eigenvalue weighted by molar-refractivity contribution is 9.10. The van der Waals surface area contributed by atoms with Crippen molar-refractivity contribution < 1.29 is 18.0 Å². The molecule has 0 aromatic heterocycles. The van der Waals surface area contributed by atoms with Gasteiger partial charge in [0.1, 0.15) is 0 Å². The molecule has 0 bridgehead atoms. The maximum absolute atomic E-state index is 12.6. The van der Waals surface area contributed by atoms with Crippen molar-refractivity contribution >= 4 is 27.5 Å². The third-order valence-corrected chi connectivity index (χ3v) is 4.12. The van der Waals surface area contributed by atoms with Gasteiger partial charge in [-0.3, -0.25) is 4.79 Å². The number of nitrogen functional groups attached to an aromatic ring is 1. The van der Waals surface area contributed by atoms with Crippen LogP contribution in [-0.2, 0) is 0 Å². The van der Waals surface area contributed by atoms with Gasteiger partial charge in [0.05, 0.1) is 11.5 Å². The first-order valence-corrected chi connectivity index (χ1v) is 6.99. The number of likely N-dealkylation sites (tertiary alicyclic amines) is 1. The van der Waals surface area contributed by atoms with Crippen molar-refractivity contribution in [2.45, 2.75) is 19.0 Å². The Morgan fingerprint density at radius 1 is 1.30 bits per heavy atom. The molecule has 20 heavy (non-hydrogen) atoms. The zero-order valence-corrected chi connectivity index (χ0v) is 12.2. The smallest absolute Gasteiger partial charge is 0.391 e. The quantitative estimate of drug-likeness (QED) is 0.788. The lowest BCUT2D eigenvalue weighted by Crippen LogP contribution is -2.42. The number of amides is 1. The van der Waals surface area contributed by atoms with E-state index in [4.69, 9.17) is 5.73 Å². The number of anilines is 1. The molecule has 0 atom stereocenters. The fourth-order valence-corrected chi connectivity index (χ4v) is 2.85. The third-order valence-electron chi connectivity index (χ3n) is 3.47. The van der Waals surface area contributed by atoms with Crippen LogP contribution >= 0.6 is 15.9 Å². The van der Waals surface area contributed by atoms with Gasteiger partial charge in [-0.25, -0.2) is 0 Å². The Labute approximate surface area is 123 Å². The van der Waals surface area contributed by atoms with Gasteiger partial charge in [-0.15, -0.1) is 0 Å². The van der Waals surface area contributed by atoms with E-state index in [1.54, 1.807) is 18.2 Å². The van der Waals surface area contributed by atoms with Gasteiger partial charge in [0.25, 0.3) is 5.91 Å². The van der Waals surface area contributed by atoms with Crippen LogP contribution in [0.4, 0.5) is 18.9 Å². The van der Waals surface area contributed by atoms with Gasteiger partial charge in [-0.1, -0.05) is 0 Å². The van der Waals surface area contributed by atoms with E-state index >= 15 is 0 Å². The van der Waals surface area contributed by atoms with E-state index in [9.17, 15) is 18.0 Å². The Balaban J connectivity index is 2.05. The minimum absolute atomic E-state index is 0.0398. The van der Waals surface area contributed by atoms with Crippen LogP contribution in [-0.4, -0.2) is 30.1 Å². The fourth-order valence-electron chi connectivity index (χ4n) is 2.29. The summed E-state index contributed by atoms with van der Waals surface area (Å²) in [7, 11) is 0. The molecule has 1 aromatic carbocycles. The summed E-state index contributed by atoms with van der Waals surface area (Å²) in [5.74, 6) is -1.57. The van der Waals surface area contributed by atoms with Crippen molar-refractivity contribution in [1.29, 1.82) is 0 Å².